The quantitative estimate of drug-likeness (QED) is 0.606. The van der Waals surface area contributed by atoms with Crippen LogP contribution in [0.1, 0.15) is 10.5 Å². The van der Waals surface area contributed by atoms with E-state index < -0.39 is 21.7 Å². The minimum absolute atomic E-state index is 0.0446. The molecule has 19 heavy (non-hydrogen) atoms. The largest absolute Gasteiger partial charge is 0.476 e. The Kier molecular flexibility index (Phi) is 6.31. The molecule has 0 spiro atoms. The van der Waals surface area contributed by atoms with Gasteiger partial charge in [0.2, 0.25) is 0 Å². The van der Waals surface area contributed by atoms with Gasteiger partial charge >= 0.3 is 5.97 Å². The lowest BCUT2D eigenvalue weighted by Gasteiger charge is -2.06. The van der Waals surface area contributed by atoms with Gasteiger partial charge in [0.1, 0.15) is 0 Å². The van der Waals surface area contributed by atoms with E-state index in [1.807, 2.05) is 0 Å². The Balaban J connectivity index is 2.52. The van der Waals surface area contributed by atoms with Gasteiger partial charge in [-0.25, -0.2) is 22.9 Å². The standard InChI is InChI=1S/C9H14N2O6S2/c1-16-4-5-17-3-2-11-19(14,15)9-7(8(12)13)10-6-18-9/h6,11H,2-5H2,1H3,(H,12,13). The first-order chi connectivity index (χ1) is 8.99. The van der Waals surface area contributed by atoms with Crippen LogP contribution in [0, 0.1) is 0 Å². The van der Waals surface area contributed by atoms with Gasteiger partial charge in [0, 0.05) is 13.7 Å². The van der Waals surface area contributed by atoms with Crippen LogP contribution in [0.5, 0.6) is 0 Å². The van der Waals surface area contributed by atoms with E-state index in [1.54, 1.807) is 0 Å². The first-order valence-electron chi connectivity index (χ1n) is 5.22. The molecule has 2 N–H and O–H groups in total. The number of hydrogen-bond donors (Lipinski definition) is 2. The zero-order chi connectivity index (χ0) is 14.3. The summed E-state index contributed by atoms with van der Waals surface area (Å²) < 4.78 is 35.4. The number of thiazole rings is 1. The Morgan fingerprint density at radius 2 is 2.21 bits per heavy atom. The summed E-state index contributed by atoms with van der Waals surface area (Å²) in [6, 6.07) is 0. The van der Waals surface area contributed by atoms with Gasteiger partial charge in [-0.05, 0) is 0 Å². The maximum atomic E-state index is 11.8. The van der Waals surface area contributed by atoms with Crippen LogP contribution in [0.15, 0.2) is 9.72 Å². The lowest BCUT2D eigenvalue weighted by Crippen LogP contribution is -2.28. The van der Waals surface area contributed by atoms with E-state index in [0.717, 1.165) is 11.3 Å². The van der Waals surface area contributed by atoms with Crippen LogP contribution in [0.4, 0.5) is 0 Å². The molecule has 0 radical (unpaired) electrons. The summed E-state index contributed by atoms with van der Waals surface area (Å²) in [7, 11) is -2.34. The normalized spacial score (nSPS) is 11.6. The average Bonchev–Trinajstić information content (AvgIpc) is 2.83. The second kappa shape index (κ2) is 7.50. The highest BCUT2D eigenvalue weighted by molar-refractivity contribution is 7.91. The summed E-state index contributed by atoms with van der Waals surface area (Å²) in [4.78, 5) is 14.3. The predicted molar refractivity (Wildman–Crippen MR) is 67.0 cm³/mol. The van der Waals surface area contributed by atoms with Gasteiger partial charge in [0.15, 0.2) is 9.90 Å². The lowest BCUT2D eigenvalue weighted by atomic mass is 10.5. The number of rotatable bonds is 9. The summed E-state index contributed by atoms with van der Waals surface area (Å²) >= 11 is 0.754. The SMILES string of the molecule is COCCOCCNS(=O)(=O)c1scnc1C(=O)O. The van der Waals surface area contributed by atoms with Crippen LogP contribution in [0.3, 0.4) is 0 Å². The molecule has 1 aromatic rings. The van der Waals surface area contributed by atoms with E-state index in [4.69, 9.17) is 14.6 Å². The minimum Gasteiger partial charge on any atom is -0.476 e. The van der Waals surface area contributed by atoms with Gasteiger partial charge in [-0.2, -0.15) is 0 Å². The Morgan fingerprint density at radius 3 is 2.84 bits per heavy atom. The van der Waals surface area contributed by atoms with Crippen molar-refractivity contribution >= 4 is 27.3 Å². The summed E-state index contributed by atoms with van der Waals surface area (Å²) in [5.74, 6) is -1.38. The third-order valence-electron chi connectivity index (χ3n) is 1.95. The number of nitrogens with one attached hydrogen (secondary N) is 1. The highest BCUT2D eigenvalue weighted by atomic mass is 32.2. The molecule has 0 saturated carbocycles. The van der Waals surface area contributed by atoms with Crippen LogP contribution < -0.4 is 4.72 Å². The van der Waals surface area contributed by atoms with E-state index in [2.05, 4.69) is 9.71 Å². The molecular formula is C9H14N2O6S2. The maximum absolute atomic E-state index is 11.8. The minimum atomic E-state index is -3.87. The summed E-state index contributed by atoms with van der Waals surface area (Å²) in [6.45, 7) is 0.997. The summed E-state index contributed by atoms with van der Waals surface area (Å²) in [5, 5.41) is 8.80. The smallest absolute Gasteiger partial charge is 0.356 e. The van der Waals surface area contributed by atoms with Crippen molar-refractivity contribution in [3.05, 3.63) is 11.2 Å². The molecular weight excluding hydrogens is 296 g/mol. The predicted octanol–water partition coefficient (Wildman–Crippen LogP) is -0.217. The molecule has 0 unspecified atom stereocenters. The molecule has 0 aliphatic rings. The van der Waals surface area contributed by atoms with Crippen molar-refractivity contribution in [3.63, 3.8) is 0 Å². The second-order valence-corrected chi connectivity index (χ2v) is 6.11. The van der Waals surface area contributed by atoms with Crippen molar-refractivity contribution in [2.45, 2.75) is 4.21 Å². The number of ether oxygens (including phenoxy) is 2. The number of sulfonamides is 1. The van der Waals surface area contributed by atoms with Crippen molar-refractivity contribution in [2.24, 2.45) is 0 Å². The number of carboxylic acids is 1. The van der Waals surface area contributed by atoms with Gasteiger partial charge in [-0.1, -0.05) is 0 Å². The third kappa shape index (κ3) is 4.84. The Morgan fingerprint density at radius 1 is 1.47 bits per heavy atom. The molecule has 10 heteroatoms. The third-order valence-corrected chi connectivity index (χ3v) is 4.78. The van der Waals surface area contributed by atoms with Gasteiger partial charge in [-0.15, -0.1) is 11.3 Å². The second-order valence-electron chi connectivity index (χ2n) is 3.30. The molecule has 0 bridgehead atoms. The number of aromatic nitrogens is 1. The molecule has 0 amide bonds. The van der Waals surface area contributed by atoms with Crippen molar-refractivity contribution in [2.75, 3.05) is 33.5 Å². The Bertz CT molecular complexity index is 513. The fourth-order valence-electron chi connectivity index (χ4n) is 1.13. The van der Waals surface area contributed by atoms with E-state index in [1.165, 1.54) is 12.6 Å². The first kappa shape index (κ1) is 16.0. The van der Waals surface area contributed by atoms with Gasteiger partial charge in [0.05, 0.1) is 25.3 Å². The fourth-order valence-corrected chi connectivity index (χ4v) is 3.32. The number of carbonyl (C=O) groups is 1. The van der Waals surface area contributed by atoms with Crippen LogP contribution in [0.25, 0.3) is 0 Å². The fraction of sp³-hybridized carbons (Fsp3) is 0.556. The lowest BCUT2D eigenvalue weighted by molar-refractivity contribution is 0.0687. The zero-order valence-corrected chi connectivity index (χ0v) is 11.8. The van der Waals surface area contributed by atoms with E-state index in [-0.39, 0.29) is 17.4 Å². The molecule has 1 aromatic heterocycles. The maximum Gasteiger partial charge on any atom is 0.356 e. The topological polar surface area (TPSA) is 115 Å². The molecule has 0 aliphatic heterocycles. The monoisotopic (exact) mass is 310 g/mol. The van der Waals surface area contributed by atoms with Crippen LogP contribution in [0.2, 0.25) is 0 Å². The molecule has 108 valence electrons. The number of aromatic carboxylic acids is 1. The van der Waals surface area contributed by atoms with Gasteiger partial charge in [-0.3, -0.25) is 0 Å². The van der Waals surface area contributed by atoms with Crippen molar-refractivity contribution < 1.29 is 27.8 Å². The molecule has 8 nitrogen and oxygen atoms in total. The van der Waals surface area contributed by atoms with Crippen LogP contribution in [-0.4, -0.2) is 58.0 Å². The molecule has 0 atom stereocenters. The van der Waals surface area contributed by atoms with Crippen LogP contribution in [-0.2, 0) is 19.5 Å². The number of methoxy groups -OCH3 is 1. The van der Waals surface area contributed by atoms with Crippen molar-refractivity contribution in [1.29, 1.82) is 0 Å². The molecule has 0 saturated heterocycles. The van der Waals surface area contributed by atoms with Gasteiger partial charge in [0.25, 0.3) is 10.0 Å². The number of hydrogen-bond acceptors (Lipinski definition) is 7. The molecule has 0 fully saturated rings. The molecule has 0 aliphatic carbocycles. The van der Waals surface area contributed by atoms with E-state index in [0.29, 0.717) is 13.2 Å². The molecule has 1 rings (SSSR count). The summed E-state index contributed by atoms with van der Waals surface area (Å²) in [5.41, 5.74) is 0.699. The Labute approximate surface area is 114 Å². The van der Waals surface area contributed by atoms with Crippen molar-refractivity contribution in [1.82, 2.24) is 9.71 Å². The Hall–Kier alpha value is -1.07. The van der Waals surface area contributed by atoms with E-state index in [9.17, 15) is 13.2 Å². The average molecular weight is 310 g/mol. The highest BCUT2D eigenvalue weighted by Gasteiger charge is 2.25. The summed E-state index contributed by atoms with van der Waals surface area (Å²) in [6.07, 6.45) is 0. The van der Waals surface area contributed by atoms with E-state index >= 15 is 0 Å². The number of carboxylic acid groups (broad SMARTS) is 1. The first-order valence-corrected chi connectivity index (χ1v) is 7.58. The molecule has 0 aromatic carbocycles. The van der Waals surface area contributed by atoms with Crippen LogP contribution >= 0.6 is 11.3 Å². The van der Waals surface area contributed by atoms with Gasteiger partial charge < -0.3 is 14.6 Å². The highest BCUT2D eigenvalue weighted by Crippen LogP contribution is 2.19. The zero-order valence-electron chi connectivity index (χ0n) is 10.2. The van der Waals surface area contributed by atoms with Crippen molar-refractivity contribution in [3.8, 4) is 0 Å². The molecule has 1 heterocycles. The number of nitrogens with zero attached hydrogens (tertiary/aromatic N) is 1.